The van der Waals surface area contributed by atoms with Crippen molar-refractivity contribution >= 4 is 5.91 Å². The molecule has 0 unspecified atom stereocenters. The highest BCUT2D eigenvalue weighted by Crippen LogP contribution is 2.08. The maximum atomic E-state index is 11.7. The molecule has 19 heavy (non-hydrogen) atoms. The minimum atomic E-state index is -0.105. The van der Waals surface area contributed by atoms with Crippen molar-refractivity contribution in [2.24, 2.45) is 5.92 Å². The lowest BCUT2D eigenvalue weighted by atomic mass is 10.0. The smallest absolute Gasteiger partial charge is 0.252 e. The van der Waals surface area contributed by atoms with Gasteiger partial charge in [0.25, 0.3) is 5.82 Å². The molecule has 1 aromatic rings. The number of hydrogen-bond acceptors (Lipinski definition) is 4. The zero-order chi connectivity index (χ0) is 14.3. The summed E-state index contributed by atoms with van der Waals surface area (Å²) in [7, 11) is 0. The first-order valence-electron chi connectivity index (χ1n) is 6.60. The molecule has 0 aliphatic heterocycles. The molecular weight excluding hydrogens is 242 g/mol. The van der Waals surface area contributed by atoms with Gasteiger partial charge >= 0.3 is 0 Å². The molecule has 6 heteroatoms. The van der Waals surface area contributed by atoms with Crippen molar-refractivity contribution in [2.45, 2.75) is 52.6 Å². The van der Waals surface area contributed by atoms with Gasteiger partial charge in [0.2, 0.25) is 5.91 Å². The van der Waals surface area contributed by atoms with Crippen LogP contribution < -0.4 is 5.32 Å². The molecule has 1 aromatic heterocycles. The van der Waals surface area contributed by atoms with Crippen molar-refractivity contribution in [1.82, 2.24) is 20.1 Å². The van der Waals surface area contributed by atoms with Crippen molar-refractivity contribution < 1.29 is 4.79 Å². The zero-order valence-electron chi connectivity index (χ0n) is 11.8. The molecule has 0 aromatic carbocycles. The number of nitriles is 1. The van der Waals surface area contributed by atoms with Crippen LogP contribution in [0.15, 0.2) is 6.33 Å². The second-order valence-electron chi connectivity index (χ2n) is 5.17. The second kappa shape index (κ2) is 7.52. The molecule has 0 spiro atoms. The standard InChI is InChI=1S/C13H21N5O/c1-10(2)5-4-6-11(3)16-13(19)8-18-9-15-12(7-14)17-18/h9-11H,4-6,8H2,1-3H3,(H,16,19)/t11-/m1/s1. The lowest BCUT2D eigenvalue weighted by Gasteiger charge is -2.14. The first kappa shape index (κ1) is 15.2. The van der Waals surface area contributed by atoms with Gasteiger partial charge in [0.15, 0.2) is 0 Å². The van der Waals surface area contributed by atoms with Crippen molar-refractivity contribution in [3.05, 3.63) is 12.2 Å². The van der Waals surface area contributed by atoms with E-state index in [1.54, 1.807) is 0 Å². The molecule has 0 saturated carbocycles. The van der Waals surface area contributed by atoms with Gasteiger partial charge in [-0.2, -0.15) is 5.26 Å². The Hall–Kier alpha value is -1.90. The van der Waals surface area contributed by atoms with Gasteiger partial charge in [0, 0.05) is 6.04 Å². The Bertz CT molecular complexity index is 446. The fourth-order valence-corrected chi connectivity index (χ4v) is 1.79. The van der Waals surface area contributed by atoms with Crippen molar-refractivity contribution in [2.75, 3.05) is 0 Å². The predicted octanol–water partition coefficient (Wildman–Crippen LogP) is 1.48. The summed E-state index contributed by atoms with van der Waals surface area (Å²) in [6, 6.07) is 1.98. The molecule has 1 rings (SSSR count). The van der Waals surface area contributed by atoms with Gasteiger partial charge in [-0.25, -0.2) is 9.67 Å². The van der Waals surface area contributed by atoms with E-state index in [2.05, 4.69) is 29.2 Å². The molecule has 0 bridgehead atoms. The predicted molar refractivity (Wildman–Crippen MR) is 71.0 cm³/mol. The van der Waals surface area contributed by atoms with Crippen LogP contribution in [0.25, 0.3) is 0 Å². The molecule has 1 amide bonds. The van der Waals surface area contributed by atoms with Crippen LogP contribution in [0.3, 0.4) is 0 Å². The lowest BCUT2D eigenvalue weighted by Crippen LogP contribution is -2.35. The van der Waals surface area contributed by atoms with Gasteiger partial charge in [-0.05, 0) is 19.3 Å². The van der Waals surface area contributed by atoms with E-state index in [4.69, 9.17) is 5.26 Å². The third-order valence-corrected chi connectivity index (χ3v) is 2.77. The number of aromatic nitrogens is 3. The average Bonchev–Trinajstić information content (AvgIpc) is 2.75. The summed E-state index contributed by atoms with van der Waals surface area (Å²) in [4.78, 5) is 15.5. The Labute approximate surface area is 113 Å². The molecule has 0 aliphatic rings. The summed E-state index contributed by atoms with van der Waals surface area (Å²) in [6.07, 6.45) is 4.65. The minimum absolute atomic E-state index is 0.0813. The van der Waals surface area contributed by atoms with Crippen LogP contribution in [0, 0.1) is 17.2 Å². The summed E-state index contributed by atoms with van der Waals surface area (Å²) in [6.45, 7) is 6.49. The monoisotopic (exact) mass is 263 g/mol. The quantitative estimate of drug-likeness (QED) is 0.807. The van der Waals surface area contributed by atoms with E-state index in [0.717, 1.165) is 12.8 Å². The van der Waals surface area contributed by atoms with Crippen LogP contribution in [0.1, 0.15) is 45.9 Å². The lowest BCUT2D eigenvalue weighted by molar-refractivity contribution is -0.122. The molecule has 6 nitrogen and oxygen atoms in total. The van der Waals surface area contributed by atoms with E-state index in [1.165, 1.54) is 17.4 Å². The molecule has 1 heterocycles. The number of rotatable bonds is 7. The second-order valence-corrected chi connectivity index (χ2v) is 5.17. The Morgan fingerprint density at radius 3 is 2.79 bits per heavy atom. The normalized spacial score (nSPS) is 12.2. The van der Waals surface area contributed by atoms with Crippen LogP contribution in [0.2, 0.25) is 0 Å². The number of hydrogen-bond donors (Lipinski definition) is 1. The van der Waals surface area contributed by atoms with E-state index in [1.807, 2.05) is 13.0 Å². The van der Waals surface area contributed by atoms with Gasteiger partial charge in [0.1, 0.15) is 18.9 Å². The third kappa shape index (κ3) is 6.00. The maximum absolute atomic E-state index is 11.7. The van der Waals surface area contributed by atoms with E-state index in [9.17, 15) is 4.79 Å². The Kier molecular flexibility index (Phi) is 6.00. The zero-order valence-corrected chi connectivity index (χ0v) is 11.8. The molecule has 1 atom stereocenters. The first-order valence-corrected chi connectivity index (χ1v) is 6.60. The molecule has 0 saturated heterocycles. The summed E-state index contributed by atoms with van der Waals surface area (Å²) in [5.74, 6) is 0.673. The van der Waals surface area contributed by atoms with E-state index < -0.39 is 0 Å². The highest BCUT2D eigenvalue weighted by Gasteiger charge is 2.09. The maximum Gasteiger partial charge on any atom is 0.252 e. The summed E-state index contributed by atoms with van der Waals surface area (Å²) in [5, 5.41) is 15.3. The summed E-state index contributed by atoms with van der Waals surface area (Å²) < 4.78 is 1.37. The number of nitrogens with zero attached hydrogens (tertiary/aromatic N) is 4. The number of amides is 1. The Morgan fingerprint density at radius 1 is 1.47 bits per heavy atom. The summed E-state index contributed by atoms with van der Waals surface area (Å²) >= 11 is 0. The van der Waals surface area contributed by atoms with Crippen molar-refractivity contribution in [1.29, 1.82) is 5.26 Å². The topological polar surface area (TPSA) is 83.6 Å². The van der Waals surface area contributed by atoms with Crippen LogP contribution in [-0.2, 0) is 11.3 Å². The third-order valence-electron chi connectivity index (χ3n) is 2.77. The van der Waals surface area contributed by atoms with Gasteiger partial charge in [0.05, 0.1) is 0 Å². The summed E-state index contributed by atoms with van der Waals surface area (Å²) in [5.41, 5.74) is 0. The van der Waals surface area contributed by atoms with E-state index >= 15 is 0 Å². The molecule has 0 fully saturated rings. The Morgan fingerprint density at radius 2 is 2.21 bits per heavy atom. The first-order chi connectivity index (χ1) is 9.01. The molecular formula is C13H21N5O. The largest absolute Gasteiger partial charge is 0.352 e. The van der Waals surface area contributed by atoms with Crippen LogP contribution in [0.4, 0.5) is 0 Å². The minimum Gasteiger partial charge on any atom is -0.352 e. The van der Waals surface area contributed by atoms with Crippen LogP contribution in [0.5, 0.6) is 0 Å². The molecule has 104 valence electrons. The van der Waals surface area contributed by atoms with Gasteiger partial charge in [-0.15, -0.1) is 5.10 Å². The van der Waals surface area contributed by atoms with E-state index in [-0.39, 0.29) is 24.3 Å². The van der Waals surface area contributed by atoms with E-state index in [0.29, 0.717) is 5.92 Å². The van der Waals surface area contributed by atoms with Gasteiger partial charge in [-0.3, -0.25) is 4.79 Å². The molecule has 0 radical (unpaired) electrons. The fraction of sp³-hybridized carbons (Fsp3) is 0.692. The van der Waals surface area contributed by atoms with Gasteiger partial charge in [-0.1, -0.05) is 26.7 Å². The SMILES string of the molecule is CC(C)CCC[C@@H](C)NC(=O)Cn1cnc(C#N)n1. The number of carbonyl (C=O) groups is 1. The van der Waals surface area contributed by atoms with Crippen molar-refractivity contribution in [3.8, 4) is 6.07 Å². The fourth-order valence-electron chi connectivity index (χ4n) is 1.79. The number of nitrogens with one attached hydrogen (secondary N) is 1. The van der Waals surface area contributed by atoms with Crippen LogP contribution in [-0.4, -0.2) is 26.7 Å². The van der Waals surface area contributed by atoms with Crippen LogP contribution >= 0.6 is 0 Å². The number of carbonyl (C=O) groups excluding carboxylic acids is 1. The van der Waals surface area contributed by atoms with Gasteiger partial charge < -0.3 is 5.32 Å². The van der Waals surface area contributed by atoms with Crippen molar-refractivity contribution in [3.63, 3.8) is 0 Å². The highest BCUT2D eigenvalue weighted by atomic mass is 16.2. The Balaban J connectivity index is 2.28. The molecule has 0 aliphatic carbocycles. The average molecular weight is 263 g/mol. The molecule has 1 N–H and O–H groups in total. The highest BCUT2D eigenvalue weighted by molar-refractivity contribution is 5.75.